The number of carbonyl (C=O) groups is 1. The van der Waals surface area contributed by atoms with Gasteiger partial charge in [0, 0.05) is 6.04 Å². The highest BCUT2D eigenvalue weighted by molar-refractivity contribution is 5.79. The summed E-state index contributed by atoms with van der Waals surface area (Å²) in [5, 5.41) is 12.6. The smallest absolute Gasteiger partial charge is 0.224 e. The van der Waals surface area contributed by atoms with Crippen molar-refractivity contribution in [3.8, 4) is 11.5 Å². The number of nitrogens with one attached hydrogen (secondary N) is 1. The first-order valence-electron chi connectivity index (χ1n) is 7.40. The van der Waals surface area contributed by atoms with Crippen LogP contribution in [0.2, 0.25) is 0 Å². The number of allylic oxidation sites excluding steroid dienone is 1. The molecule has 0 atom stereocenters. The quantitative estimate of drug-likeness (QED) is 0.819. The maximum absolute atomic E-state index is 12.1. The van der Waals surface area contributed by atoms with Crippen LogP contribution < -0.4 is 10.1 Å². The molecule has 0 saturated heterocycles. The fourth-order valence-corrected chi connectivity index (χ4v) is 2.80. The molecule has 4 heteroatoms. The Morgan fingerprint density at radius 2 is 2.14 bits per heavy atom. The normalized spacial score (nSPS) is 21.6. The van der Waals surface area contributed by atoms with Crippen molar-refractivity contribution in [2.45, 2.75) is 38.1 Å². The Bertz CT molecular complexity index is 505. The second-order valence-corrected chi connectivity index (χ2v) is 5.60. The summed E-state index contributed by atoms with van der Waals surface area (Å²) < 4.78 is 5.05. The number of amides is 1. The highest BCUT2D eigenvalue weighted by Gasteiger charge is 2.20. The lowest BCUT2D eigenvalue weighted by Gasteiger charge is -2.27. The van der Waals surface area contributed by atoms with Gasteiger partial charge in [-0.05, 0) is 49.3 Å². The molecule has 2 N–H and O–H groups in total. The van der Waals surface area contributed by atoms with Crippen molar-refractivity contribution in [1.82, 2.24) is 5.32 Å². The molecule has 0 aliphatic heterocycles. The molecule has 21 heavy (non-hydrogen) atoms. The molecule has 0 spiro atoms. The van der Waals surface area contributed by atoms with Crippen LogP contribution in [0.3, 0.4) is 0 Å². The number of aromatic hydroxyl groups is 1. The van der Waals surface area contributed by atoms with Crippen molar-refractivity contribution < 1.29 is 14.6 Å². The largest absolute Gasteiger partial charge is 0.504 e. The third-order valence-corrected chi connectivity index (χ3v) is 4.08. The third kappa shape index (κ3) is 4.25. The molecule has 0 aromatic heterocycles. The van der Waals surface area contributed by atoms with Gasteiger partial charge in [-0.1, -0.05) is 12.1 Å². The first kappa shape index (κ1) is 15.4. The Labute approximate surface area is 125 Å². The average molecular weight is 289 g/mol. The van der Waals surface area contributed by atoms with E-state index in [9.17, 15) is 9.90 Å². The Hall–Kier alpha value is -1.97. The van der Waals surface area contributed by atoms with Crippen molar-refractivity contribution in [3.63, 3.8) is 0 Å². The van der Waals surface area contributed by atoms with Crippen LogP contribution in [0.1, 0.15) is 31.2 Å². The summed E-state index contributed by atoms with van der Waals surface area (Å²) in [7, 11) is 1.50. The van der Waals surface area contributed by atoms with Crippen molar-refractivity contribution in [1.29, 1.82) is 0 Å². The number of hydrogen-bond donors (Lipinski definition) is 2. The minimum atomic E-state index is 0.0183. The number of phenols is 1. The molecule has 1 aliphatic carbocycles. The first-order valence-corrected chi connectivity index (χ1v) is 7.40. The van der Waals surface area contributed by atoms with Crippen molar-refractivity contribution in [2.75, 3.05) is 7.11 Å². The van der Waals surface area contributed by atoms with Gasteiger partial charge in [0.05, 0.1) is 13.5 Å². The van der Waals surface area contributed by atoms with E-state index in [1.807, 2.05) is 6.08 Å². The van der Waals surface area contributed by atoms with Gasteiger partial charge in [0.15, 0.2) is 11.5 Å². The zero-order chi connectivity index (χ0) is 15.2. The number of benzene rings is 1. The molecule has 1 aromatic rings. The molecule has 1 amide bonds. The lowest BCUT2D eigenvalue weighted by molar-refractivity contribution is -0.121. The van der Waals surface area contributed by atoms with Gasteiger partial charge in [0.2, 0.25) is 5.91 Å². The van der Waals surface area contributed by atoms with Gasteiger partial charge in [0.25, 0.3) is 0 Å². The Morgan fingerprint density at radius 3 is 2.76 bits per heavy atom. The maximum Gasteiger partial charge on any atom is 0.224 e. The van der Waals surface area contributed by atoms with Crippen LogP contribution in [-0.2, 0) is 11.2 Å². The SMILES string of the molecule is C=CC1CCC(NC(=O)Cc2ccc(O)c(OC)c2)CC1. The number of phenolic OH excluding ortho intramolecular Hbond substituents is 1. The summed E-state index contributed by atoms with van der Waals surface area (Å²) in [5.74, 6) is 1.10. The van der Waals surface area contributed by atoms with E-state index in [-0.39, 0.29) is 17.7 Å². The lowest BCUT2D eigenvalue weighted by atomic mass is 9.86. The summed E-state index contributed by atoms with van der Waals surface area (Å²) in [4.78, 5) is 12.1. The van der Waals surface area contributed by atoms with Crippen LogP contribution in [0.5, 0.6) is 11.5 Å². The topological polar surface area (TPSA) is 58.6 Å². The fraction of sp³-hybridized carbons (Fsp3) is 0.471. The summed E-state index contributed by atoms with van der Waals surface area (Å²) >= 11 is 0. The molecule has 0 bridgehead atoms. The van der Waals surface area contributed by atoms with Crippen LogP contribution in [0.4, 0.5) is 0 Å². The van der Waals surface area contributed by atoms with Crippen LogP contribution >= 0.6 is 0 Å². The van der Waals surface area contributed by atoms with Crippen molar-refractivity contribution >= 4 is 5.91 Å². The summed E-state index contributed by atoms with van der Waals surface area (Å²) in [6, 6.07) is 5.26. The summed E-state index contributed by atoms with van der Waals surface area (Å²) in [6.45, 7) is 3.83. The van der Waals surface area contributed by atoms with Crippen molar-refractivity contribution in [3.05, 3.63) is 36.4 Å². The van der Waals surface area contributed by atoms with Gasteiger partial charge in [-0.15, -0.1) is 6.58 Å². The minimum Gasteiger partial charge on any atom is -0.504 e. The van der Waals surface area contributed by atoms with Crippen LogP contribution in [0.15, 0.2) is 30.9 Å². The maximum atomic E-state index is 12.1. The highest BCUT2D eigenvalue weighted by Crippen LogP contribution is 2.27. The van der Waals surface area contributed by atoms with E-state index < -0.39 is 0 Å². The van der Waals surface area contributed by atoms with Gasteiger partial charge in [-0.3, -0.25) is 4.79 Å². The van der Waals surface area contributed by atoms with E-state index in [0.717, 1.165) is 31.2 Å². The monoisotopic (exact) mass is 289 g/mol. The predicted molar refractivity (Wildman–Crippen MR) is 82.4 cm³/mol. The van der Waals surface area contributed by atoms with E-state index in [4.69, 9.17) is 4.74 Å². The van der Waals surface area contributed by atoms with E-state index in [2.05, 4.69) is 11.9 Å². The lowest BCUT2D eigenvalue weighted by Crippen LogP contribution is -2.38. The molecular formula is C17H23NO3. The second-order valence-electron chi connectivity index (χ2n) is 5.60. The molecule has 4 nitrogen and oxygen atoms in total. The van der Waals surface area contributed by atoms with Crippen LogP contribution in [0.25, 0.3) is 0 Å². The number of ether oxygens (including phenoxy) is 1. The van der Waals surface area contributed by atoms with E-state index in [1.54, 1.807) is 18.2 Å². The van der Waals surface area contributed by atoms with Crippen LogP contribution in [-0.4, -0.2) is 24.2 Å². The zero-order valence-corrected chi connectivity index (χ0v) is 12.5. The highest BCUT2D eigenvalue weighted by atomic mass is 16.5. The van der Waals surface area contributed by atoms with Crippen molar-refractivity contribution in [2.24, 2.45) is 5.92 Å². The molecule has 0 radical (unpaired) electrons. The molecule has 1 aliphatic rings. The minimum absolute atomic E-state index is 0.0183. The van der Waals surface area contributed by atoms with E-state index in [1.165, 1.54) is 7.11 Å². The molecule has 0 heterocycles. The number of hydrogen-bond acceptors (Lipinski definition) is 3. The van der Waals surface area contributed by atoms with Gasteiger partial charge >= 0.3 is 0 Å². The standard InChI is InChI=1S/C17H23NO3/c1-3-12-4-7-14(8-5-12)18-17(20)11-13-6-9-15(19)16(10-13)21-2/h3,6,9-10,12,14,19H,1,4-5,7-8,11H2,2H3,(H,18,20). The first-order chi connectivity index (χ1) is 10.1. The Kier molecular flexibility index (Phi) is 5.26. The third-order valence-electron chi connectivity index (χ3n) is 4.08. The number of methoxy groups -OCH3 is 1. The fourth-order valence-electron chi connectivity index (χ4n) is 2.80. The van der Waals surface area contributed by atoms with Crippen LogP contribution in [0, 0.1) is 5.92 Å². The van der Waals surface area contributed by atoms with E-state index in [0.29, 0.717) is 18.1 Å². The molecule has 0 unspecified atom stereocenters. The Balaban J connectivity index is 1.86. The van der Waals surface area contributed by atoms with Gasteiger partial charge in [-0.2, -0.15) is 0 Å². The molecule has 1 saturated carbocycles. The van der Waals surface area contributed by atoms with Gasteiger partial charge in [0.1, 0.15) is 0 Å². The molecule has 1 fully saturated rings. The number of carbonyl (C=O) groups excluding carboxylic acids is 1. The molecule has 1 aromatic carbocycles. The number of rotatable bonds is 5. The zero-order valence-electron chi connectivity index (χ0n) is 12.5. The van der Waals surface area contributed by atoms with E-state index >= 15 is 0 Å². The summed E-state index contributed by atoms with van der Waals surface area (Å²) in [6.07, 6.45) is 6.55. The average Bonchev–Trinajstić information content (AvgIpc) is 2.50. The molecule has 114 valence electrons. The van der Waals surface area contributed by atoms with Gasteiger partial charge in [-0.25, -0.2) is 0 Å². The second kappa shape index (κ2) is 7.16. The summed E-state index contributed by atoms with van der Waals surface area (Å²) in [5.41, 5.74) is 0.835. The predicted octanol–water partition coefficient (Wildman–Crippen LogP) is 2.80. The molecular weight excluding hydrogens is 266 g/mol. The van der Waals surface area contributed by atoms with Gasteiger partial charge < -0.3 is 15.2 Å². The Morgan fingerprint density at radius 1 is 1.43 bits per heavy atom. The molecule has 2 rings (SSSR count).